The van der Waals surface area contributed by atoms with Crippen LogP contribution in [-0.2, 0) is 16.0 Å². The van der Waals surface area contributed by atoms with Crippen LogP contribution in [0.3, 0.4) is 0 Å². The van der Waals surface area contributed by atoms with Gasteiger partial charge in [-0.1, -0.05) is 32.4 Å². The summed E-state index contributed by atoms with van der Waals surface area (Å²) < 4.78 is 11.6. The normalized spacial score (nSPS) is 18.4. The predicted octanol–water partition coefficient (Wildman–Crippen LogP) is 4.55. The van der Waals surface area contributed by atoms with Crippen molar-refractivity contribution in [2.24, 2.45) is 11.8 Å². The fourth-order valence-corrected chi connectivity index (χ4v) is 5.29. The van der Waals surface area contributed by atoms with Crippen molar-refractivity contribution >= 4 is 23.2 Å². The van der Waals surface area contributed by atoms with Crippen LogP contribution in [0.2, 0.25) is 0 Å². The Morgan fingerprint density at radius 3 is 2.67 bits per heavy atom. The number of rotatable bonds is 10. The molecule has 0 N–H and O–H groups in total. The molecule has 1 saturated carbocycles. The molecule has 1 fully saturated rings. The summed E-state index contributed by atoms with van der Waals surface area (Å²) in [5.41, 5.74) is 1.15. The zero-order chi connectivity index (χ0) is 23.4. The van der Waals surface area contributed by atoms with E-state index in [0.717, 1.165) is 31.2 Å². The molecule has 1 aliphatic heterocycles. The summed E-state index contributed by atoms with van der Waals surface area (Å²) in [6.07, 6.45) is 3.72. The lowest BCUT2D eigenvalue weighted by Crippen LogP contribution is -2.48. The van der Waals surface area contributed by atoms with Crippen LogP contribution in [0.25, 0.3) is 0 Å². The van der Waals surface area contributed by atoms with E-state index in [1.54, 1.807) is 23.3 Å². The van der Waals surface area contributed by atoms with Crippen molar-refractivity contribution in [2.45, 2.75) is 45.6 Å². The van der Waals surface area contributed by atoms with Gasteiger partial charge in [-0.3, -0.25) is 9.59 Å². The van der Waals surface area contributed by atoms with Crippen LogP contribution < -0.4 is 9.47 Å². The van der Waals surface area contributed by atoms with Crippen LogP contribution >= 0.6 is 11.3 Å². The van der Waals surface area contributed by atoms with Gasteiger partial charge in [0, 0.05) is 23.9 Å². The van der Waals surface area contributed by atoms with Crippen LogP contribution in [-0.4, -0.2) is 55.0 Å². The number of hydrogen-bond donors (Lipinski definition) is 0. The molecular formula is C26H34N2O4S. The number of nitrogens with zero attached hydrogens (tertiary/aromatic N) is 2. The van der Waals surface area contributed by atoms with Crippen molar-refractivity contribution in [1.82, 2.24) is 9.80 Å². The molecule has 4 rings (SSSR count). The summed E-state index contributed by atoms with van der Waals surface area (Å²) in [6.45, 7) is 6.03. The first-order valence-corrected chi connectivity index (χ1v) is 12.8. The lowest BCUT2D eigenvalue weighted by Gasteiger charge is -2.37. The van der Waals surface area contributed by atoms with Gasteiger partial charge in [-0.05, 0) is 54.3 Å². The second kappa shape index (κ2) is 10.6. The summed E-state index contributed by atoms with van der Waals surface area (Å²) in [6, 6.07) is 9.48. The maximum atomic E-state index is 13.6. The molecule has 6 nitrogen and oxygen atoms in total. The minimum absolute atomic E-state index is 0.00206. The molecule has 2 aliphatic rings. The van der Waals surface area contributed by atoms with E-state index in [-0.39, 0.29) is 30.3 Å². The number of hydrogen-bond acceptors (Lipinski definition) is 5. The highest BCUT2D eigenvalue weighted by molar-refractivity contribution is 7.10. The molecule has 0 bridgehead atoms. The number of fused-ring (bicyclic) bond motifs is 1. The van der Waals surface area contributed by atoms with Crippen LogP contribution in [0.5, 0.6) is 11.5 Å². The van der Waals surface area contributed by atoms with Gasteiger partial charge in [0.05, 0.1) is 19.7 Å². The number of carbonyl (C=O) groups excluding carboxylic acids is 2. The van der Waals surface area contributed by atoms with E-state index in [2.05, 4.69) is 25.3 Å². The molecule has 0 spiro atoms. The van der Waals surface area contributed by atoms with Gasteiger partial charge in [0.15, 0.2) is 11.5 Å². The Bertz CT molecular complexity index is 971. The summed E-state index contributed by atoms with van der Waals surface area (Å²) in [4.78, 5) is 31.5. The maximum Gasteiger partial charge on any atom is 0.242 e. The van der Waals surface area contributed by atoms with Gasteiger partial charge in [-0.15, -0.1) is 11.3 Å². The van der Waals surface area contributed by atoms with Crippen molar-refractivity contribution in [3.8, 4) is 11.5 Å². The van der Waals surface area contributed by atoms with Crippen molar-refractivity contribution in [1.29, 1.82) is 0 Å². The fraction of sp³-hybridized carbons (Fsp3) is 0.538. The summed E-state index contributed by atoms with van der Waals surface area (Å²) in [7, 11) is 1.62. The summed E-state index contributed by atoms with van der Waals surface area (Å²) in [5, 5.41) is 2.08. The molecule has 7 heteroatoms. The van der Waals surface area contributed by atoms with Crippen LogP contribution in [0.15, 0.2) is 35.7 Å². The Labute approximate surface area is 200 Å². The molecule has 1 aliphatic carbocycles. The van der Waals surface area contributed by atoms with Gasteiger partial charge in [0.25, 0.3) is 0 Å². The number of ether oxygens (including phenoxy) is 2. The van der Waals surface area contributed by atoms with E-state index in [0.29, 0.717) is 37.1 Å². The standard InChI is InChI=1S/C26H34N2O4S/c1-4-18(2)15-27(26(30)19-9-10-19)16-25(29)28-13-11-24-20(12-14-33-24)21(28)17-32-23-8-6-5-7-22(23)31-3/h5-8,12,14,18-19,21H,4,9-11,13,15-17H2,1-3H3/t18-,21+/m1/s1. The monoisotopic (exact) mass is 470 g/mol. The van der Waals surface area contributed by atoms with Crippen LogP contribution in [0.4, 0.5) is 0 Å². The number of methoxy groups -OCH3 is 1. The van der Waals surface area contributed by atoms with Gasteiger partial charge in [0.1, 0.15) is 6.61 Å². The second-order valence-electron chi connectivity index (χ2n) is 9.12. The Balaban J connectivity index is 1.51. The lowest BCUT2D eigenvalue weighted by atomic mass is 10.00. The van der Waals surface area contributed by atoms with Crippen LogP contribution in [0, 0.1) is 11.8 Å². The van der Waals surface area contributed by atoms with Crippen molar-refractivity contribution < 1.29 is 19.1 Å². The highest BCUT2D eigenvalue weighted by Crippen LogP contribution is 2.36. The highest BCUT2D eigenvalue weighted by atomic mass is 32.1. The topological polar surface area (TPSA) is 59.1 Å². The number of thiophene rings is 1. The van der Waals surface area contributed by atoms with Crippen molar-refractivity contribution in [3.05, 3.63) is 46.2 Å². The zero-order valence-electron chi connectivity index (χ0n) is 19.8. The average Bonchev–Trinajstić information content (AvgIpc) is 3.58. The smallest absolute Gasteiger partial charge is 0.242 e. The lowest BCUT2D eigenvalue weighted by molar-refractivity contribution is -0.143. The minimum Gasteiger partial charge on any atom is -0.493 e. The van der Waals surface area contributed by atoms with E-state index in [4.69, 9.17) is 9.47 Å². The second-order valence-corrected chi connectivity index (χ2v) is 10.1. The highest BCUT2D eigenvalue weighted by Gasteiger charge is 2.37. The SMILES string of the molecule is CC[C@@H](C)CN(CC(=O)N1CCc2sccc2[C@@H]1COc1ccccc1OC)C(=O)C1CC1. The molecule has 2 amide bonds. The first kappa shape index (κ1) is 23.6. The first-order valence-electron chi connectivity index (χ1n) is 11.9. The largest absolute Gasteiger partial charge is 0.493 e. The van der Waals surface area contributed by atoms with Gasteiger partial charge >= 0.3 is 0 Å². The fourth-order valence-electron chi connectivity index (χ4n) is 4.36. The number of carbonyl (C=O) groups is 2. The van der Waals surface area contributed by atoms with Crippen molar-refractivity contribution in [2.75, 3.05) is 33.4 Å². The Kier molecular flexibility index (Phi) is 7.58. The summed E-state index contributed by atoms with van der Waals surface area (Å²) in [5.74, 6) is 1.95. The molecule has 1 aromatic carbocycles. The molecule has 2 heterocycles. The summed E-state index contributed by atoms with van der Waals surface area (Å²) >= 11 is 1.73. The van der Waals surface area contributed by atoms with Gasteiger partial charge in [-0.2, -0.15) is 0 Å². The molecule has 33 heavy (non-hydrogen) atoms. The van der Waals surface area contributed by atoms with E-state index in [1.807, 2.05) is 29.2 Å². The van der Waals surface area contributed by atoms with E-state index >= 15 is 0 Å². The molecule has 0 radical (unpaired) electrons. The third kappa shape index (κ3) is 5.52. The number of para-hydroxylation sites is 2. The molecular weight excluding hydrogens is 436 g/mol. The quantitative estimate of drug-likeness (QED) is 0.511. The molecule has 2 aromatic rings. The number of benzene rings is 1. The molecule has 178 valence electrons. The Morgan fingerprint density at radius 2 is 1.97 bits per heavy atom. The van der Waals surface area contributed by atoms with Crippen molar-refractivity contribution in [3.63, 3.8) is 0 Å². The van der Waals surface area contributed by atoms with Gasteiger partial charge in [0.2, 0.25) is 11.8 Å². The average molecular weight is 471 g/mol. The third-order valence-corrected chi connectivity index (χ3v) is 7.67. The predicted molar refractivity (Wildman–Crippen MR) is 130 cm³/mol. The molecule has 0 saturated heterocycles. The first-order chi connectivity index (χ1) is 16.0. The zero-order valence-corrected chi connectivity index (χ0v) is 20.6. The molecule has 0 unspecified atom stereocenters. The minimum atomic E-state index is -0.182. The Morgan fingerprint density at radius 1 is 1.21 bits per heavy atom. The molecule has 2 atom stereocenters. The third-order valence-electron chi connectivity index (χ3n) is 6.67. The van der Waals surface area contributed by atoms with Gasteiger partial charge < -0.3 is 19.3 Å². The van der Waals surface area contributed by atoms with E-state index in [9.17, 15) is 9.59 Å². The Hall–Kier alpha value is -2.54. The number of amides is 2. The van der Waals surface area contributed by atoms with Gasteiger partial charge in [-0.25, -0.2) is 0 Å². The maximum absolute atomic E-state index is 13.6. The van der Waals surface area contributed by atoms with Crippen LogP contribution in [0.1, 0.15) is 49.6 Å². The van der Waals surface area contributed by atoms with E-state index in [1.165, 1.54) is 4.88 Å². The van der Waals surface area contributed by atoms with E-state index < -0.39 is 0 Å². The molecule has 1 aromatic heterocycles.